The molecule has 0 bridgehead atoms. The van der Waals surface area contributed by atoms with Gasteiger partial charge in [-0.15, -0.1) is 0 Å². The zero-order valence-electron chi connectivity index (χ0n) is 19.3. The molecule has 35 heavy (non-hydrogen) atoms. The van der Waals surface area contributed by atoms with Crippen LogP contribution in [0, 0.1) is 18.9 Å². The fraction of sp³-hybridized carbons (Fsp3) is 0.111. The van der Waals surface area contributed by atoms with Crippen LogP contribution in [0.1, 0.15) is 27.0 Å². The first kappa shape index (κ1) is 23.8. The number of carbonyl (C=O) groups is 1. The zero-order valence-corrected chi connectivity index (χ0v) is 20.1. The van der Waals surface area contributed by atoms with Gasteiger partial charge in [0.15, 0.2) is 0 Å². The van der Waals surface area contributed by atoms with Crippen molar-refractivity contribution in [1.82, 2.24) is 13.9 Å². The molecule has 0 aliphatic carbocycles. The third-order valence-corrected chi connectivity index (χ3v) is 6.95. The Balaban J connectivity index is 1.84. The van der Waals surface area contributed by atoms with Gasteiger partial charge in [-0.1, -0.05) is 29.8 Å². The van der Waals surface area contributed by atoms with Crippen molar-refractivity contribution in [2.75, 3.05) is 7.11 Å². The van der Waals surface area contributed by atoms with Crippen LogP contribution in [0.5, 0.6) is 0 Å². The van der Waals surface area contributed by atoms with E-state index in [9.17, 15) is 13.2 Å². The van der Waals surface area contributed by atoms with E-state index in [4.69, 9.17) is 4.74 Å². The minimum absolute atomic E-state index is 0.00654. The summed E-state index contributed by atoms with van der Waals surface area (Å²) in [7, 11) is -2.64. The molecule has 0 aliphatic heterocycles. The highest BCUT2D eigenvalue weighted by atomic mass is 32.2. The van der Waals surface area contributed by atoms with Gasteiger partial charge in [-0.2, -0.15) is 0 Å². The Hall–Kier alpha value is -4.35. The minimum Gasteiger partial charge on any atom is -0.465 e. The predicted octanol–water partition coefficient (Wildman–Crippen LogP) is 4.17. The van der Waals surface area contributed by atoms with Crippen molar-refractivity contribution in [1.29, 1.82) is 0 Å². The SMILES string of the molecule is COC(=O)c1cccc(C#CN(Cc2cccnc2)S(=O)(=O)c2ccc(C)cc2)c1-n1cccc1. The molecule has 7 nitrogen and oxygen atoms in total. The molecule has 0 atom stereocenters. The van der Waals surface area contributed by atoms with Crippen molar-refractivity contribution in [3.8, 4) is 17.7 Å². The van der Waals surface area contributed by atoms with Crippen LogP contribution in [-0.2, 0) is 21.3 Å². The molecule has 0 amide bonds. The van der Waals surface area contributed by atoms with Gasteiger partial charge in [-0.25, -0.2) is 17.5 Å². The second-order valence-electron chi connectivity index (χ2n) is 7.71. The maximum atomic E-state index is 13.5. The first-order valence-corrected chi connectivity index (χ1v) is 12.2. The molecule has 2 aromatic heterocycles. The third kappa shape index (κ3) is 5.26. The number of nitrogens with zero attached hydrogens (tertiary/aromatic N) is 3. The number of ether oxygens (including phenoxy) is 1. The van der Waals surface area contributed by atoms with Crippen molar-refractivity contribution in [3.05, 3.63) is 114 Å². The number of hydrogen-bond acceptors (Lipinski definition) is 5. The number of para-hydroxylation sites is 1. The van der Waals surface area contributed by atoms with E-state index in [1.54, 1.807) is 84.0 Å². The van der Waals surface area contributed by atoms with Crippen LogP contribution in [0.3, 0.4) is 0 Å². The van der Waals surface area contributed by atoms with Crippen LogP contribution < -0.4 is 0 Å². The standard InChI is InChI=1S/C27H23N3O4S/c1-21-10-12-24(13-11-21)35(32,33)30(20-22-7-6-15-28-19-22)18-14-23-8-5-9-25(27(31)34-2)26(23)29-16-3-4-17-29/h3-13,15-17,19H,20H2,1-2H3. The average Bonchev–Trinajstić information content (AvgIpc) is 3.41. The molecule has 0 unspecified atom stereocenters. The number of aryl methyl sites for hydroxylation is 1. The Bertz CT molecular complexity index is 1490. The predicted molar refractivity (Wildman–Crippen MR) is 132 cm³/mol. The number of rotatable bonds is 6. The molecule has 2 aromatic carbocycles. The molecular weight excluding hydrogens is 462 g/mol. The van der Waals surface area contributed by atoms with Crippen molar-refractivity contribution in [3.63, 3.8) is 0 Å². The summed E-state index contributed by atoms with van der Waals surface area (Å²) in [6.07, 6.45) is 6.78. The second kappa shape index (κ2) is 10.3. The van der Waals surface area contributed by atoms with Crippen LogP contribution in [-0.4, -0.2) is 35.4 Å². The summed E-state index contributed by atoms with van der Waals surface area (Å²) < 4.78 is 34.8. The first-order chi connectivity index (χ1) is 16.9. The summed E-state index contributed by atoms with van der Waals surface area (Å²) >= 11 is 0. The maximum absolute atomic E-state index is 13.5. The lowest BCUT2D eigenvalue weighted by Gasteiger charge is -2.18. The second-order valence-corrected chi connectivity index (χ2v) is 9.57. The number of methoxy groups -OCH3 is 1. The molecule has 4 rings (SSSR count). The van der Waals surface area contributed by atoms with Crippen LogP contribution in [0.2, 0.25) is 0 Å². The van der Waals surface area contributed by atoms with E-state index in [0.29, 0.717) is 22.4 Å². The van der Waals surface area contributed by atoms with E-state index in [-0.39, 0.29) is 11.4 Å². The molecule has 0 radical (unpaired) electrons. The average molecular weight is 486 g/mol. The number of esters is 1. The van der Waals surface area contributed by atoms with Crippen molar-refractivity contribution in [2.45, 2.75) is 18.4 Å². The lowest BCUT2D eigenvalue weighted by atomic mass is 10.1. The summed E-state index contributed by atoms with van der Waals surface area (Å²) in [5, 5.41) is 0. The van der Waals surface area contributed by atoms with Gasteiger partial charge < -0.3 is 9.30 Å². The fourth-order valence-corrected chi connectivity index (χ4v) is 4.70. The van der Waals surface area contributed by atoms with Crippen LogP contribution in [0.25, 0.3) is 5.69 Å². The lowest BCUT2D eigenvalue weighted by Crippen LogP contribution is -2.26. The Morgan fingerprint density at radius 1 is 1.03 bits per heavy atom. The monoisotopic (exact) mass is 485 g/mol. The fourth-order valence-electron chi connectivity index (χ4n) is 3.48. The Kier molecular flexibility index (Phi) is 6.99. The summed E-state index contributed by atoms with van der Waals surface area (Å²) in [6, 6.07) is 21.7. The topological polar surface area (TPSA) is 81.5 Å². The molecule has 0 fully saturated rings. The van der Waals surface area contributed by atoms with E-state index >= 15 is 0 Å². The van der Waals surface area contributed by atoms with Crippen molar-refractivity contribution >= 4 is 16.0 Å². The summed E-state index contributed by atoms with van der Waals surface area (Å²) in [5.41, 5.74) is 2.93. The van der Waals surface area contributed by atoms with E-state index in [1.807, 2.05) is 19.1 Å². The number of sulfonamides is 1. The largest absolute Gasteiger partial charge is 0.465 e. The molecule has 4 aromatic rings. The normalized spacial score (nSPS) is 10.8. The Morgan fingerprint density at radius 3 is 2.43 bits per heavy atom. The lowest BCUT2D eigenvalue weighted by molar-refractivity contribution is 0.0600. The zero-order chi connectivity index (χ0) is 24.8. The van der Waals surface area contributed by atoms with Gasteiger partial charge in [0, 0.05) is 30.8 Å². The summed E-state index contributed by atoms with van der Waals surface area (Å²) in [4.78, 5) is 16.7. The Morgan fingerprint density at radius 2 is 1.77 bits per heavy atom. The van der Waals surface area contributed by atoms with Crippen molar-refractivity contribution < 1.29 is 17.9 Å². The van der Waals surface area contributed by atoms with E-state index in [2.05, 4.69) is 16.9 Å². The highest BCUT2D eigenvalue weighted by Crippen LogP contribution is 2.22. The number of benzene rings is 2. The van der Waals surface area contributed by atoms with Gasteiger partial charge in [0.2, 0.25) is 0 Å². The molecule has 8 heteroatoms. The van der Waals surface area contributed by atoms with Gasteiger partial charge in [0.25, 0.3) is 10.0 Å². The molecule has 0 saturated heterocycles. The number of hydrogen-bond donors (Lipinski definition) is 0. The van der Waals surface area contributed by atoms with E-state index in [1.165, 1.54) is 7.11 Å². The highest BCUT2D eigenvalue weighted by molar-refractivity contribution is 7.89. The number of aromatic nitrogens is 2. The molecule has 0 aliphatic rings. The highest BCUT2D eigenvalue weighted by Gasteiger charge is 2.23. The molecule has 2 heterocycles. The first-order valence-electron chi connectivity index (χ1n) is 10.7. The Labute approximate surface area is 204 Å². The van der Waals surface area contributed by atoms with Crippen LogP contribution in [0.15, 0.2) is 96.4 Å². The van der Waals surface area contributed by atoms with Gasteiger partial charge in [0.05, 0.1) is 35.4 Å². The minimum atomic E-state index is -3.95. The molecule has 0 saturated carbocycles. The van der Waals surface area contributed by atoms with Crippen LogP contribution >= 0.6 is 0 Å². The van der Waals surface area contributed by atoms with Crippen molar-refractivity contribution in [2.24, 2.45) is 0 Å². The molecule has 0 N–H and O–H groups in total. The maximum Gasteiger partial charge on any atom is 0.340 e. The number of carbonyl (C=O) groups excluding carboxylic acids is 1. The van der Waals surface area contributed by atoms with E-state index < -0.39 is 16.0 Å². The summed E-state index contributed by atoms with van der Waals surface area (Å²) in [5.74, 6) is 2.46. The quantitative estimate of drug-likeness (QED) is 0.233. The van der Waals surface area contributed by atoms with Gasteiger partial charge in [-0.05, 0) is 60.9 Å². The van der Waals surface area contributed by atoms with Crippen LogP contribution in [0.4, 0.5) is 0 Å². The smallest absolute Gasteiger partial charge is 0.340 e. The van der Waals surface area contributed by atoms with Gasteiger partial charge in [0.1, 0.15) is 0 Å². The third-order valence-electron chi connectivity index (χ3n) is 5.28. The number of pyridine rings is 1. The molecular formula is C27H23N3O4S. The van der Waals surface area contributed by atoms with E-state index in [0.717, 1.165) is 9.87 Å². The summed E-state index contributed by atoms with van der Waals surface area (Å²) in [6.45, 7) is 1.90. The van der Waals surface area contributed by atoms with Gasteiger partial charge >= 0.3 is 5.97 Å². The van der Waals surface area contributed by atoms with Gasteiger partial charge in [-0.3, -0.25) is 4.98 Å². The molecule has 176 valence electrons. The molecule has 0 spiro atoms.